The molecule has 2 aromatic carbocycles. The number of aromatic carboxylic acids is 1. The van der Waals surface area contributed by atoms with Crippen molar-refractivity contribution in [2.24, 2.45) is 0 Å². The molecular weight excluding hydrogens is 370 g/mol. The van der Waals surface area contributed by atoms with E-state index in [0.717, 1.165) is 12.1 Å². The number of hydrogen-bond donors (Lipinski definition) is 1. The summed E-state index contributed by atoms with van der Waals surface area (Å²) in [5, 5.41) is 8.87. The number of piperazine rings is 1. The zero-order chi connectivity index (χ0) is 20.4. The number of carbonyl (C=O) groups is 3. The Hall–Kier alpha value is -3.29. The van der Waals surface area contributed by atoms with E-state index in [1.165, 1.54) is 28.0 Å². The standard InChI is InChI=1S/C20H18F2N2O4/c1-12-2-3-13(10-16(12)21)18(25)23-6-8-24(9-7-23)19(26)15-5-4-14(20(27)28)11-17(15)22/h2-5,10-11H,6-9H2,1H3,(H,27,28). The molecule has 3 rings (SSSR count). The lowest BCUT2D eigenvalue weighted by molar-refractivity contribution is 0.0532. The minimum Gasteiger partial charge on any atom is -0.478 e. The largest absolute Gasteiger partial charge is 0.478 e. The first kappa shape index (κ1) is 19.5. The number of aryl methyl sites for hydroxylation is 1. The molecule has 1 fully saturated rings. The van der Waals surface area contributed by atoms with Crippen molar-refractivity contribution in [2.75, 3.05) is 26.2 Å². The van der Waals surface area contributed by atoms with E-state index >= 15 is 0 Å². The summed E-state index contributed by atoms with van der Waals surface area (Å²) in [6.45, 7) is 2.46. The lowest BCUT2D eigenvalue weighted by Crippen LogP contribution is -2.50. The predicted octanol–water partition coefficient (Wildman–Crippen LogP) is 2.57. The third kappa shape index (κ3) is 3.85. The zero-order valence-electron chi connectivity index (χ0n) is 15.1. The summed E-state index contributed by atoms with van der Waals surface area (Å²) in [7, 11) is 0. The lowest BCUT2D eigenvalue weighted by atomic mass is 10.1. The Bertz CT molecular complexity index is 953. The highest BCUT2D eigenvalue weighted by Gasteiger charge is 2.27. The summed E-state index contributed by atoms with van der Waals surface area (Å²) in [5.41, 5.74) is 0.223. The predicted molar refractivity (Wildman–Crippen MR) is 96.3 cm³/mol. The van der Waals surface area contributed by atoms with E-state index in [0.29, 0.717) is 5.56 Å². The number of benzene rings is 2. The van der Waals surface area contributed by atoms with Gasteiger partial charge in [-0.3, -0.25) is 9.59 Å². The van der Waals surface area contributed by atoms with Crippen LogP contribution in [0.1, 0.15) is 36.6 Å². The molecule has 1 saturated heterocycles. The Morgan fingerprint density at radius 3 is 1.89 bits per heavy atom. The van der Waals surface area contributed by atoms with Crippen LogP contribution in [0.15, 0.2) is 36.4 Å². The van der Waals surface area contributed by atoms with Crippen LogP contribution in [0.25, 0.3) is 0 Å². The smallest absolute Gasteiger partial charge is 0.335 e. The summed E-state index contributed by atoms with van der Waals surface area (Å²) in [6.07, 6.45) is 0. The van der Waals surface area contributed by atoms with Gasteiger partial charge in [0.05, 0.1) is 11.1 Å². The van der Waals surface area contributed by atoms with Crippen LogP contribution in [-0.2, 0) is 0 Å². The molecule has 8 heteroatoms. The third-order valence-corrected chi connectivity index (χ3v) is 4.72. The highest BCUT2D eigenvalue weighted by molar-refractivity contribution is 5.97. The van der Waals surface area contributed by atoms with E-state index in [9.17, 15) is 23.2 Å². The van der Waals surface area contributed by atoms with E-state index in [-0.39, 0.29) is 48.8 Å². The van der Waals surface area contributed by atoms with Gasteiger partial charge in [0.15, 0.2) is 0 Å². The van der Waals surface area contributed by atoms with Gasteiger partial charge in [0.25, 0.3) is 11.8 Å². The van der Waals surface area contributed by atoms with Gasteiger partial charge in [-0.1, -0.05) is 6.07 Å². The van der Waals surface area contributed by atoms with Crippen molar-refractivity contribution in [3.8, 4) is 0 Å². The maximum atomic E-state index is 14.1. The molecule has 0 radical (unpaired) electrons. The highest BCUT2D eigenvalue weighted by Crippen LogP contribution is 2.17. The fourth-order valence-electron chi connectivity index (χ4n) is 3.01. The number of carboxylic acid groups (broad SMARTS) is 1. The van der Waals surface area contributed by atoms with Crippen LogP contribution in [0.2, 0.25) is 0 Å². The summed E-state index contributed by atoms with van der Waals surface area (Å²) in [5.74, 6) is -3.54. The van der Waals surface area contributed by atoms with Crippen LogP contribution in [0.5, 0.6) is 0 Å². The van der Waals surface area contributed by atoms with E-state index in [1.54, 1.807) is 13.0 Å². The molecule has 0 spiro atoms. The fraction of sp³-hybridized carbons (Fsp3) is 0.250. The molecule has 1 aliphatic rings. The maximum Gasteiger partial charge on any atom is 0.335 e. The minimum absolute atomic E-state index is 0.193. The van der Waals surface area contributed by atoms with Crippen molar-refractivity contribution in [2.45, 2.75) is 6.92 Å². The van der Waals surface area contributed by atoms with Gasteiger partial charge in [0.1, 0.15) is 11.6 Å². The van der Waals surface area contributed by atoms with Crippen molar-refractivity contribution in [1.82, 2.24) is 9.80 Å². The SMILES string of the molecule is Cc1ccc(C(=O)N2CCN(C(=O)c3ccc(C(=O)O)cc3F)CC2)cc1F. The number of carbonyl (C=O) groups excluding carboxylic acids is 2. The van der Waals surface area contributed by atoms with Crippen LogP contribution in [0.3, 0.4) is 0 Å². The van der Waals surface area contributed by atoms with Crippen molar-refractivity contribution in [1.29, 1.82) is 0 Å². The Morgan fingerprint density at radius 1 is 0.821 bits per heavy atom. The average Bonchev–Trinajstić information content (AvgIpc) is 2.69. The van der Waals surface area contributed by atoms with Crippen LogP contribution in [0.4, 0.5) is 8.78 Å². The molecule has 28 heavy (non-hydrogen) atoms. The first-order valence-corrected chi connectivity index (χ1v) is 8.65. The Morgan fingerprint density at radius 2 is 1.36 bits per heavy atom. The van der Waals surface area contributed by atoms with Gasteiger partial charge in [-0.05, 0) is 42.8 Å². The normalized spacial score (nSPS) is 14.1. The van der Waals surface area contributed by atoms with Crippen LogP contribution < -0.4 is 0 Å². The highest BCUT2D eigenvalue weighted by atomic mass is 19.1. The van der Waals surface area contributed by atoms with Crippen molar-refractivity contribution >= 4 is 17.8 Å². The summed E-state index contributed by atoms with van der Waals surface area (Å²) >= 11 is 0. The van der Waals surface area contributed by atoms with Gasteiger partial charge in [-0.2, -0.15) is 0 Å². The van der Waals surface area contributed by atoms with E-state index in [1.807, 2.05) is 0 Å². The number of nitrogens with zero attached hydrogens (tertiary/aromatic N) is 2. The molecule has 2 aromatic rings. The van der Waals surface area contributed by atoms with Gasteiger partial charge in [0, 0.05) is 31.7 Å². The number of carboxylic acids is 1. The van der Waals surface area contributed by atoms with Gasteiger partial charge in [0.2, 0.25) is 0 Å². The van der Waals surface area contributed by atoms with Gasteiger partial charge in [-0.15, -0.1) is 0 Å². The van der Waals surface area contributed by atoms with Crippen molar-refractivity contribution in [3.05, 3.63) is 70.3 Å². The van der Waals surface area contributed by atoms with Crippen LogP contribution in [-0.4, -0.2) is 58.9 Å². The van der Waals surface area contributed by atoms with E-state index in [2.05, 4.69) is 0 Å². The molecular formula is C20H18F2N2O4. The van der Waals surface area contributed by atoms with Crippen LogP contribution >= 0.6 is 0 Å². The van der Waals surface area contributed by atoms with Crippen molar-refractivity contribution in [3.63, 3.8) is 0 Å². The molecule has 2 amide bonds. The topological polar surface area (TPSA) is 77.9 Å². The maximum absolute atomic E-state index is 14.1. The molecule has 146 valence electrons. The van der Waals surface area contributed by atoms with Crippen LogP contribution in [0, 0.1) is 18.6 Å². The second-order valence-electron chi connectivity index (χ2n) is 6.55. The van der Waals surface area contributed by atoms with E-state index in [4.69, 9.17) is 5.11 Å². The number of amides is 2. The van der Waals surface area contributed by atoms with Gasteiger partial charge in [-0.25, -0.2) is 13.6 Å². The minimum atomic E-state index is -1.28. The van der Waals surface area contributed by atoms with Crippen molar-refractivity contribution < 1.29 is 28.3 Å². The average molecular weight is 388 g/mol. The molecule has 1 heterocycles. The number of hydrogen-bond acceptors (Lipinski definition) is 3. The Labute approximate surface area is 160 Å². The first-order valence-electron chi connectivity index (χ1n) is 8.65. The lowest BCUT2D eigenvalue weighted by Gasteiger charge is -2.35. The Balaban J connectivity index is 1.66. The van der Waals surface area contributed by atoms with E-state index < -0.39 is 23.5 Å². The second kappa shape index (κ2) is 7.75. The number of halogens is 2. The molecule has 0 aromatic heterocycles. The summed E-state index contributed by atoms with van der Waals surface area (Å²) < 4.78 is 27.8. The third-order valence-electron chi connectivity index (χ3n) is 4.72. The first-order chi connectivity index (χ1) is 13.3. The molecule has 0 bridgehead atoms. The Kier molecular flexibility index (Phi) is 5.39. The molecule has 0 unspecified atom stereocenters. The van der Waals surface area contributed by atoms with Gasteiger partial charge >= 0.3 is 5.97 Å². The van der Waals surface area contributed by atoms with Gasteiger partial charge < -0.3 is 14.9 Å². The zero-order valence-corrected chi connectivity index (χ0v) is 15.1. The quantitative estimate of drug-likeness (QED) is 0.877. The summed E-state index contributed by atoms with van der Waals surface area (Å²) in [4.78, 5) is 38.8. The number of rotatable bonds is 3. The molecule has 0 atom stereocenters. The molecule has 0 saturated carbocycles. The molecule has 1 N–H and O–H groups in total. The monoisotopic (exact) mass is 388 g/mol. The molecule has 1 aliphatic heterocycles. The molecule has 6 nitrogen and oxygen atoms in total. The molecule has 0 aliphatic carbocycles. The fourth-order valence-corrected chi connectivity index (χ4v) is 3.01. The summed E-state index contributed by atoms with van der Waals surface area (Å²) in [6, 6.07) is 7.40. The second-order valence-corrected chi connectivity index (χ2v) is 6.55.